The number of rotatable bonds is 6. The first-order valence-electron chi connectivity index (χ1n) is 6.06. The highest BCUT2D eigenvalue weighted by molar-refractivity contribution is 5.84. The second kappa shape index (κ2) is 5.99. The summed E-state index contributed by atoms with van der Waals surface area (Å²) in [6.45, 7) is 2.47. The maximum absolute atomic E-state index is 10.7. The monoisotopic (exact) mass is 261 g/mol. The lowest BCUT2D eigenvalue weighted by molar-refractivity contribution is 0.0660. The van der Waals surface area contributed by atoms with E-state index in [4.69, 9.17) is 9.52 Å². The van der Waals surface area contributed by atoms with Crippen molar-refractivity contribution in [1.29, 1.82) is 0 Å². The van der Waals surface area contributed by atoms with Crippen molar-refractivity contribution in [2.24, 2.45) is 0 Å². The van der Waals surface area contributed by atoms with Gasteiger partial charge < -0.3 is 14.8 Å². The maximum Gasteiger partial charge on any atom is 0.371 e. The van der Waals surface area contributed by atoms with E-state index >= 15 is 0 Å². The van der Waals surface area contributed by atoms with E-state index in [1.165, 1.54) is 12.4 Å². The first kappa shape index (κ1) is 13.1. The van der Waals surface area contributed by atoms with Crippen molar-refractivity contribution in [3.8, 4) is 0 Å². The number of furan rings is 1. The number of anilines is 1. The van der Waals surface area contributed by atoms with Crippen LogP contribution in [0.3, 0.4) is 0 Å². The first-order valence-corrected chi connectivity index (χ1v) is 6.06. The van der Waals surface area contributed by atoms with E-state index in [0.717, 1.165) is 18.5 Å². The number of nitrogens with zero attached hydrogens (tertiary/aromatic N) is 2. The van der Waals surface area contributed by atoms with Crippen LogP contribution in [0.2, 0.25) is 0 Å². The molecule has 0 aliphatic carbocycles. The molecule has 0 fully saturated rings. The molecule has 0 unspecified atom stereocenters. The average Bonchev–Trinajstić information content (AvgIpc) is 2.86. The summed E-state index contributed by atoms with van der Waals surface area (Å²) in [5.41, 5.74) is 0.977. The molecule has 2 aromatic rings. The number of nitrogens with one attached hydrogen (secondary N) is 1. The Morgan fingerprint density at radius 1 is 1.42 bits per heavy atom. The Morgan fingerprint density at radius 2 is 2.26 bits per heavy atom. The lowest BCUT2D eigenvalue weighted by Gasteiger charge is -2.04. The minimum absolute atomic E-state index is 0.0637. The quantitative estimate of drug-likeness (QED) is 0.829. The van der Waals surface area contributed by atoms with Gasteiger partial charge in [-0.2, -0.15) is 0 Å². The number of aryl methyl sites for hydroxylation is 1. The zero-order valence-corrected chi connectivity index (χ0v) is 10.6. The molecule has 0 amide bonds. The predicted molar refractivity (Wildman–Crippen MR) is 69.0 cm³/mol. The highest BCUT2D eigenvalue weighted by Crippen LogP contribution is 2.11. The SMILES string of the molecule is CCCc1cc(NCc2ccc(C(=O)O)o2)ncn1. The zero-order valence-electron chi connectivity index (χ0n) is 10.6. The molecule has 19 heavy (non-hydrogen) atoms. The van der Waals surface area contributed by atoms with E-state index in [0.29, 0.717) is 18.1 Å². The third-order valence-corrected chi connectivity index (χ3v) is 2.55. The summed E-state index contributed by atoms with van der Waals surface area (Å²) in [7, 11) is 0. The Balaban J connectivity index is 1.97. The van der Waals surface area contributed by atoms with Crippen molar-refractivity contribution in [2.75, 3.05) is 5.32 Å². The van der Waals surface area contributed by atoms with Gasteiger partial charge in [0.25, 0.3) is 0 Å². The summed E-state index contributed by atoms with van der Waals surface area (Å²) in [6, 6.07) is 4.94. The van der Waals surface area contributed by atoms with E-state index in [1.807, 2.05) is 6.07 Å². The summed E-state index contributed by atoms with van der Waals surface area (Å²) < 4.78 is 5.14. The van der Waals surface area contributed by atoms with Crippen LogP contribution in [0.5, 0.6) is 0 Å². The third kappa shape index (κ3) is 3.54. The van der Waals surface area contributed by atoms with Crippen LogP contribution in [0, 0.1) is 0 Å². The molecule has 0 aliphatic rings. The molecule has 0 radical (unpaired) electrons. The van der Waals surface area contributed by atoms with Crippen LogP contribution >= 0.6 is 0 Å². The standard InChI is InChI=1S/C13H15N3O3/c1-2-3-9-6-12(16-8-15-9)14-7-10-4-5-11(19-10)13(17)18/h4-6,8H,2-3,7H2,1H3,(H,17,18)(H,14,15,16). The molecule has 0 saturated heterocycles. The number of carboxylic acid groups (broad SMARTS) is 1. The molecule has 0 spiro atoms. The van der Waals surface area contributed by atoms with Crippen molar-refractivity contribution >= 4 is 11.8 Å². The van der Waals surface area contributed by atoms with Crippen LogP contribution < -0.4 is 5.32 Å². The summed E-state index contributed by atoms with van der Waals surface area (Å²) in [5.74, 6) is 0.115. The molecule has 0 atom stereocenters. The van der Waals surface area contributed by atoms with Crippen LogP contribution in [0.4, 0.5) is 5.82 Å². The highest BCUT2D eigenvalue weighted by atomic mass is 16.4. The van der Waals surface area contributed by atoms with Crippen LogP contribution in [0.25, 0.3) is 0 Å². The molecule has 2 N–H and O–H groups in total. The van der Waals surface area contributed by atoms with Crippen molar-refractivity contribution in [1.82, 2.24) is 9.97 Å². The highest BCUT2D eigenvalue weighted by Gasteiger charge is 2.08. The van der Waals surface area contributed by atoms with E-state index in [9.17, 15) is 4.79 Å². The van der Waals surface area contributed by atoms with Crippen molar-refractivity contribution in [3.63, 3.8) is 0 Å². The Bertz CT molecular complexity index is 566. The van der Waals surface area contributed by atoms with Gasteiger partial charge in [0.05, 0.1) is 6.54 Å². The minimum Gasteiger partial charge on any atom is -0.475 e. The average molecular weight is 261 g/mol. The van der Waals surface area contributed by atoms with Gasteiger partial charge in [0.1, 0.15) is 17.9 Å². The van der Waals surface area contributed by atoms with E-state index < -0.39 is 5.97 Å². The Labute approximate surface area is 110 Å². The van der Waals surface area contributed by atoms with Gasteiger partial charge in [-0.05, 0) is 18.6 Å². The number of aromatic nitrogens is 2. The molecule has 0 saturated carbocycles. The molecule has 2 heterocycles. The second-order valence-electron chi connectivity index (χ2n) is 4.07. The molecular formula is C13H15N3O3. The molecular weight excluding hydrogens is 246 g/mol. The molecule has 2 aromatic heterocycles. The first-order chi connectivity index (χ1) is 9.19. The van der Waals surface area contributed by atoms with Crippen molar-refractivity contribution < 1.29 is 14.3 Å². The molecule has 0 bridgehead atoms. The van der Waals surface area contributed by atoms with Gasteiger partial charge in [-0.3, -0.25) is 0 Å². The van der Waals surface area contributed by atoms with Gasteiger partial charge in [0.2, 0.25) is 5.76 Å². The molecule has 6 heteroatoms. The molecule has 0 aliphatic heterocycles. The lowest BCUT2D eigenvalue weighted by Crippen LogP contribution is -2.02. The topological polar surface area (TPSA) is 88.2 Å². The fourth-order valence-corrected chi connectivity index (χ4v) is 1.65. The summed E-state index contributed by atoms with van der Waals surface area (Å²) in [6.07, 6.45) is 3.44. The number of hydrogen-bond acceptors (Lipinski definition) is 5. The zero-order chi connectivity index (χ0) is 13.7. The van der Waals surface area contributed by atoms with E-state index in [-0.39, 0.29) is 5.76 Å². The Kier molecular flexibility index (Phi) is 4.12. The summed E-state index contributed by atoms with van der Waals surface area (Å²) in [5, 5.41) is 11.8. The number of hydrogen-bond donors (Lipinski definition) is 2. The van der Waals surface area contributed by atoms with E-state index in [1.54, 1.807) is 6.07 Å². The van der Waals surface area contributed by atoms with Crippen molar-refractivity contribution in [2.45, 2.75) is 26.3 Å². The molecule has 100 valence electrons. The fraction of sp³-hybridized carbons (Fsp3) is 0.308. The fourth-order valence-electron chi connectivity index (χ4n) is 1.65. The normalized spacial score (nSPS) is 10.4. The van der Waals surface area contributed by atoms with Gasteiger partial charge >= 0.3 is 5.97 Å². The molecule has 6 nitrogen and oxygen atoms in total. The smallest absolute Gasteiger partial charge is 0.371 e. The molecule has 0 aromatic carbocycles. The van der Waals surface area contributed by atoms with Gasteiger partial charge in [0.15, 0.2) is 0 Å². The van der Waals surface area contributed by atoms with Gasteiger partial charge in [-0.1, -0.05) is 13.3 Å². The number of aromatic carboxylic acids is 1. The predicted octanol–water partition coefficient (Wildman–Crippen LogP) is 2.33. The number of carboxylic acids is 1. The lowest BCUT2D eigenvalue weighted by atomic mass is 10.2. The second-order valence-corrected chi connectivity index (χ2v) is 4.07. The van der Waals surface area contributed by atoms with Crippen molar-refractivity contribution in [3.05, 3.63) is 41.7 Å². The van der Waals surface area contributed by atoms with E-state index in [2.05, 4.69) is 22.2 Å². The van der Waals surface area contributed by atoms with Crippen LogP contribution in [0.15, 0.2) is 28.9 Å². The van der Waals surface area contributed by atoms with Gasteiger partial charge in [-0.15, -0.1) is 0 Å². The number of carbonyl (C=O) groups is 1. The molecule has 2 rings (SSSR count). The summed E-state index contributed by atoms with van der Waals surface area (Å²) in [4.78, 5) is 18.9. The minimum atomic E-state index is -1.07. The Morgan fingerprint density at radius 3 is 2.95 bits per heavy atom. The van der Waals surface area contributed by atoms with Crippen LogP contribution in [0.1, 0.15) is 35.4 Å². The Hall–Kier alpha value is -2.37. The third-order valence-electron chi connectivity index (χ3n) is 2.55. The largest absolute Gasteiger partial charge is 0.475 e. The van der Waals surface area contributed by atoms with Crippen LogP contribution in [-0.2, 0) is 13.0 Å². The van der Waals surface area contributed by atoms with Gasteiger partial charge in [0, 0.05) is 11.8 Å². The maximum atomic E-state index is 10.7. The summed E-state index contributed by atoms with van der Waals surface area (Å²) >= 11 is 0. The van der Waals surface area contributed by atoms with Crippen LogP contribution in [-0.4, -0.2) is 21.0 Å². The van der Waals surface area contributed by atoms with Gasteiger partial charge in [-0.25, -0.2) is 14.8 Å².